The third-order valence-corrected chi connectivity index (χ3v) is 5.18. The summed E-state index contributed by atoms with van der Waals surface area (Å²) in [5.74, 6) is 1.92. The van der Waals surface area contributed by atoms with Gasteiger partial charge in [0.2, 0.25) is 0 Å². The molecule has 2 saturated carbocycles. The molecule has 2 rings (SSSR count). The number of aliphatic carboxylic acids is 1. The molecule has 0 heterocycles. The minimum Gasteiger partial charge on any atom is -0.481 e. The van der Waals surface area contributed by atoms with Gasteiger partial charge >= 0.3 is 5.97 Å². The molecule has 0 saturated heterocycles. The van der Waals surface area contributed by atoms with Gasteiger partial charge in [-0.15, -0.1) is 6.58 Å². The summed E-state index contributed by atoms with van der Waals surface area (Å²) in [6, 6.07) is 0. The number of rotatable bonds is 4. The first-order valence-electron chi connectivity index (χ1n) is 7.54. The van der Waals surface area contributed by atoms with Gasteiger partial charge in [-0.05, 0) is 75.5 Å². The van der Waals surface area contributed by atoms with Gasteiger partial charge in [-0.3, -0.25) is 4.79 Å². The highest BCUT2D eigenvalue weighted by atomic mass is 16.4. The second kappa shape index (κ2) is 6.40. The molecule has 0 unspecified atom stereocenters. The van der Waals surface area contributed by atoms with Crippen molar-refractivity contribution in [2.75, 3.05) is 0 Å². The largest absolute Gasteiger partial charge is 0.481 e. The van der Waals surface area contributed by atoms with E-state index in [0.29, 0.717) is 0 Å². The van der Waals surface area contributed by atoms with Crippen LogP contribution in [0.2, 0.25) is 0 Å². The fourth-order valence-corrected chi connectivity index (χ4v) is 3.97. The van der Waals surface area contributed by atoms with E-state index in [4.69, 9.17) is 5.11 Å². The number of carbonyl (C=O) groups is 1. The number of carboxylic acids is 1. The molecule has 2 fully saturated rings. The van der Waals surface area contributed by atoms with Crippen LogP contribution in [0, 0.1) is 23.7 Å². The molecule has 0 radical (unpaired) electrons. The van der Waals surface area contributed by atoms with E-state index in [0.717, 1.165) is 43.4 Å². The molecule has 0 bridgehead atoms. The maximum Gasteiger partial charge on any atom is 0.306 e. The molecule has 0 aromatic rings. The van der Waals surface area contributed by atoms with Crippen LogP contribution in [0.15, 0.2) is 12.7 Å². The number of hydrogen-bond acceptors (Lipinski definition) is 1. The van der Waals surface area contributed by atoms with E-state index >= 15 is 0 Å². The number of hydrogen-bond donors (Lipinski definition) is 1. The summed E-state index contributed by atoms with van der Waals surface area (Å²) in [7, 11) is 0. The Labute approximate surface area is 110 Å². The van der Waals surface area contributed by atoms with Gasteiger partial charge in [0.1, 0.15) is 0 Å². The third-order valence-electron chi connectivity index (χ3n) is 5.18. The Morgan fingerprint density at radius 3 is 1.94 bits per heavy atom. The lowest BCUT2D eigenvalue weighted by atomic mass is 9.69. The minimum absolute atomic E-state index is 0.0571. The molecule has 0 aromatic carbocycles. The number of carboxylic acid groups (broad SMARTS) is 1. The molecule has 1 N–H and O–H groups in total. The van der Waals surface area contributed by atoms with Gasteiger partial charge in [-0.2, -0.15) is 0 Å². The van der Waals surface area contributed by atoms with Gasteiger partial charge < -0.3 is 5.11 Å². The Morgan fingerprint density at radius 2 is 1.50 bits per heavy atom. The zero-order chi connectivity index (χ0) is 13.0. The van der Waals surface area contributed by atoms with Crippen molar-refractivity contribution in [2.45, 2.75) is 57.8 Å². The molecular formula is C16H26O2. The molecule has 2 nitrogen and oxygen atoms in total. The SMILES string of the molecule is C=CC[C@H]1CC[C@H](C2CCC(C(=O)O)CC2)CC1. The van der Waals surface area contributed by atoms with Crippen LogP contribution >= 0.6 is 0 Å². The van der Waals surface area contributed by atoms with Crippen molar-refractivity contribution in [1.82, 2.24) is 0 Å². The van der Waals surface area contributed by atoms with E-state index in [-0.39, 0.29) is 5.92 Å². The summed E-state index contributed by atoms with van der Waals surface area (Å²) in [6.45, 7) is 3.83. The van der Waals surface area contributed by atoms with Gasteiger partial charge in [0, 0.05) is 0 Å². The minimum atomic E-state index is -0.580. The zero-order valence-electron chi connectivity index (χ0n) is 11.3. The molecule has 0 aromatic heterocycles. The highest BCUT2D eigenvalue weighted by Gasteiger charge is 2.32. The molecule has 18 heavy (non-hydrogen) atoms. The highest BCUT2D eigenvalue weighted by molar-refractivity contribution is 5.69. The fourth-order valence-electron chi connectivity index (χ4n) is 3.97. The lowest BCUT2D eigenvalue weighted by Gasteiger charge is -2.37. The van der Waals surface area contributed by atoms with Crippen LogP contribution in [0.25, 0.3) is 0 Å². The first-order chi connectivity index (χ1) is 8.70. The normalized spacial score (nSPS) is 37.1. The van der Waals surface area contributed by atoms with Crippen LogP contribution in [0.5, 0.6) is 0 Å². The Hall–Kier alpha value is -0.790. The second-order valence-corrected chi connectivity index (χ2v) is 6.26. The average molecular weight is 250 g/mol. The van der Waals surface area contributed by atoms with Crippen LogP contribution in [0.3, 0.4) is 0 Å². The van der Waals surface area contributed by atoms with Crippen molar-refractivity contribution in [3.63, 3.8) is 0 Å². The van der Waals surface area contributed by atoms with Crippen molar-refractivity contribution in [1.29, 1.82) is 0 Å². The van der Waals surface area contributed by atoms with E-state index < -0.39 is 5.97 Å². The van der Waals surface area contributed by atoms with Crippen molar-refractivity contribution < 1.29 is 9.90 Å². The third kappa shape index (κ3) is 3.37. The van der Waals surface area contributed by atoms with E-state index in [9.17, 15) is 4.79 Å². The smallest absolute Gasteiger partial charge is 0.306 e. The first kappa shape index (κ1) is 13.6. The molecule has 2 aliphatic carbocycles. The Morgan fingerprint density at radius 1 is 1.00 bits per heavy atom. The van der Waals surface area contributed by atoms with Crippen molar-refractivity contribution >= 4 is 5.97 Å². The van der Waals surface area contributed by atoms with E-state index in [1.54, 1.807) is 0 Å². The average Bonchev–Trinajstić information content (AvgIpc) is 2.40. The Balaban J connectivity index is 1.74. The van der Waals surface area contributed by atoms with Crippen LogP contribution in [-0.4, -0.2) is 11.1 Å². The summed E-state index contributed by atoms with van der Waals surface area (Å²) in [6.07, 6.45) is 12.8. The van der Waals surface area contributed by atoms with Gasteiger partial charge in [0.25, 0.3) is 0 Å². The monoisotopic (exact) mass is 250 g/mol. The molecule has 0 atom stereocenters. The fraction of sp³-hybridized carbons (Fsp3) is 0.812. The van der Waals surface area contributed by atoms with Crippen LogP contribution in [0.1, 0.15) is 57.8 Å². The molecule has 102 valence electrons. The van der Waals surface area contributed by atoms with Crippen molar-refractivity contribution in [2.24, 2.45) is 23.7 Å². The van der Waals surface area contributed by atoms with Gasteiger partial charge in [0.05, 0.1) is 5.92 Å². The van der Waals surface area contributed by atoms with Crippen molar-refractivity contribution in [3.05, 3.63) is 12.7 Å². The van der Waals surface area contributed by atoms with Crippen molar-refractivity contribution in [3.8, 4) is 0 Å². The summed E-state index contributed by atoms with van der Waals surface area (Å²) in [4.78, 5) is 10.9. The Bertz CT molecular complexity index is 281. The lowest BCUT2D eigenvalue weighted by Crippen LogP contribution is -2.28. The maximum absolute atomic E-state index is 10.9. The Kier molecular flexibility index (Phi) is 4.85. The summed E-state index contributed by atoms with van der Waals surface area (Å²) >= 11 is 0. The maximum atomic E-state index is 10.9. The zero-order valence-corrected chi connectivity index (χ0v) is 11.3. The second-order valence-electron chi connectivity index (χ2n) is 6.26. The summed E-state index contributed by atoms with van der Waals surface area (Å²) in [5, 5.41) is 9.02. The van der Waals surface area contributed by atoms with Crippen LogP contribution in [0.4, 0.5) is 0 Å². The molecular weight excluding hydrogens is 224 g/mol. The highest BCUT2D eigenvalue weighted by Crippen LogP contribution is 2.41. The van der Waals surface area contributed by atoms with Crippen LogP contribution < -0.4 is 0 Å². The summed E-state index contributed by atoms with van der Waals surface area (Å²) < 4.78 is 0. The van der Waals surface area contributed by atoms with E-state index in [1.807, 2.05) is 0 Å². The van der Waals surface area contributed by atoms with Gasteiger partial charge in [-0.25, -0.2) is 0 Å². The van der Waals surface area contributed by atoms with Gasteiger partial charge in [-0.1, -0.05) is 6.08 Å². The topological polar surface area (TPSA) is 37.3 Å². The quantitative estimate of drug-likeness (QED) is 0.757. The predicted molar refractivity (Wildman–Crippen MR) is 73.3 cm³/mol. The summed E-state index contributed by atoms with van der Waals surface area (Å²) in [5.41, 5.74) is 0. The van der Waals surface area contributed by atoms with Gasteiger partial charge in [0.15, 0.2) is 0 Å². The van der Waals surface area contributed by atoms with E-state index in [1.165, 1.54) is 32.1 Å². The molecule has 2 heteroatoms. The molecule has 0 spiro atoms. The number of allylic oxidation sites excluding steroid dienone is 1. The molecule has 0 aliphatic heterocycles. The van der Waals surface area contributed by atoms with Crippen LogP contribution in [-0.2, 0) is 4.79 Å². The molecule has 2 aliphatic rings. The molecule has 0 amide bonds. The lowest BCUT2D eigenvalue weighted by molar-refractivity contribution is -0.143. The standard InChI is InChI=1S/C16H26O2/c1-2-3-12-4-6-13(7-5-12)14-8-10-15(11-9-14)16(17)18/h2,12-15H,1,3-11H2,(H,17,18)/t12-,13-,14?,15?. The predicted octanol–water partition coefficient (Wildman–Crippen LogP) is 4.26. The van der Waals surface area contributed by atoms with E-state index in [2.05, 4.69) is 12.7 Å². The first-order valence-corrected chi connectivity index (χ1v) is 7.54.